The van der Waals surface area contributed by atoms with Crippen LogP contribution in [0.25, 0.3) is 16.9 Å². The highest BCUT2D eigenvalue weighted by molar-refractivity contribution is 6.30. The number of rotatable bonds is 4. The van der Waals surface area contributed by atoms with E-state index in [4.69, 9.17) is 11.6 Å². The van der Waals surface area contributed by atoms with Gasteiger partial charge < -0.3 is 10.4 Å². The first-order chi connectivity index (χ1) is 13.9. The molecule has 0 spiro atoms. The molecule has 29 heavy (non-hydrogen) atoms. The molecule has 1 aliphatic carbocycles. The van der Waals surface area contributed by atoms with E-state index in [0.29, 0.717) is 34.8 Å². The number of aliphatic hydroxyl groups is 1. The van der Waals surface area contributed by atoms with Gasteiger partial charge in [0.05, 0.1) is 30.2 Å². The van der Waals surface area contributed by atoms with Crippen molar-refractivity contribution >= 4 is 17.5 Å². The van der Waals surface area contributed by atoms with Crippen LogP contribution in [0.15, 0.2) is 47.5 Å². The number of hydrogen-bond acceptors (Lipinski definition) is 5. The van der Waals surface area contributed by atoms with E-state index in [9.17, 15) is 14.7 Å². The minimum absolute atomic E-state index is 0.0482. The van der Waals surface area contributed by atoms with Gasteiger partial charge in [-0.15, -0.1) is 0 Å². The SMILES string of the molecule is Cn1cc(-n2nc(-c3ccc(Cl)cc3)cc(C(=O)NC3CCCC3O)c2=O)cn1. The van der Waals surface area contributed by atoms with Gasteiger partial charge in [0, 0.05) is 17.6 Å². The van der Waals surface area contributed by atoms with E-state index in [1.54, 1.807) is 42.2 Å². The lowest BCUT2D eigenvalue weighted by molar-refractivity contribution is 0.0871. The van der Waals surface area contributed by atoms with Gasteiger partial charge >= 0.3 is 0 Å². The molecule has 1 saturated carbocycles. The summed E-state index contributed by atoms with van der Waals surface area (Å²) in [7, 11) is 1.73. The van der Waals surface area contributed by atoms with Gasteiger partial charge in [0.25, 0.3) is 11.5 Å². The Bertz CT molecular complexity index is 1110. The van der Waals surface area contributed by atoms with Crippen LogP contribution < -0.4 is 10.9 Å². The van der Waals surface area contributed by atoms with Crippen molar-refractivity contribution in [3.8, 4) is 16.9 Å². The maximum absolute atomic E-state index is 13.0. The van der Waals surface area contributed by atoms with Crippen molar-refractivity contribution in [2.45, 2.75) is 31.4 Å². The fourth-order valence-corrected chi connectivity index (χ4v) is 3.59. The quantitative estimate of drug-likeness (QED) is 0.680. The van der Waals surface area contributed by atoms with E-state index < -0.39 is 17.6 Å². The molecule has 9 heteroatoms. The fraction of sp³-hybridized carbons (Fsp3) is 0.300. The lowest BCUT2D eigenvalue weighted by Gasteiger charge is -2.17. The maximum Gasteiger partial charge on any atom is 0.284 e. The summed E-state index contributed by atoms with van der Waals surface area (Å²) in [6.45, 7) is 0. The van der Waals surface area contributed by atoms with Gasteiger partial charge in [-0.05, 0) is 37.5 Å². The van der Waals surface area contributed by atoms with Crippen molar-refractivity contribution in [2.75, 3.05) is 0 Å². The lowest BCUT2D eigenvalue weighted by Crippen LogP contribution is -2.42. The van der Waals surface area contributed by atoms with Gasteiger partial charge in [0.1, 0.15) is 11.3 Å². The first kappa shape index (κ1) is 19.4. The monoisotopic (exact) mass is 413 g/mol. The Balaban J connectivity index is 1.80. The van der Waals surface area contributed by atoms with Crippen LogP contribution in [-0.2, 0) is 7.05 Å². The Morgan fingerprint density at radius 1 is 1.28 bits per heavy atom. The molecule has 2 atom stereocenters. The summed E-state index contributed by atoms with van der Waals surface area (Å²) in [6.07, 6.45) is 4.69. The molecule has 150 valence electrons. The molecule has 8 nitrogen and oxygen atoms in total. The van der Waals surface area contributed by atoms with Crippen molar-refractivity contribution < 1.29 is 9.90 Å². The summed E-state index contributed by atoms with van der Waals surface area (Å²) in [5.41, 5.74) is 1.00. The highest BCUT2D eigenvalue weighted by Gasteiger charge is 2.28. The maximum atomic E-state index is 13.0. The Hall–Kier alpha value is -2.97. The zero-order valence-corrected chi connectivity index (χ0v) is 16.5. The van der Waals surface area contributed by atoms with Gasteiger partial charge in [-0.1, -0.05) is 23.7 Å². The highest BCUT2D eigenvalue weighted by Crippen LogP contribution is 2.22. The van der Waals surface area contributed by atoms with Crippen LogP contribution in [0.1, 0.15) is 29.6 Å². The number of carbonyl (C=O) groups excluding carboxylic acids is 1. The Morgan fingerprint density at radius 2 is 2.03 bits per heavy atom. The van der Waals surface area contributed by atoms with Crippen molar-refractivity contribution in [1.82, 2.24) is 24.9 Å². The van der Waals surface area contributed by atoms with Crippen LogP contribution in [0.2, 0.25) is 5.02 Å². The number of aryl methyl sites for hydroxylation is 1. The second kappa shape index (κ2) is 7.81. The highest BCUT2D eigenvalue weighted by atomic mass is 35.5. The number of aliphatic hydroxyl groups excluding tert-OH is 1. The fourth-order valence-electron chi connectivity index (χ4n) is 3.47. The van der Waals surface area contributed by atoms with Gasteiger partial charge in [-0.25, -0.2) is 0 Å². The average Bonchev–Trinajstić information content (AvgIpc) is 3.31. The summed E-state index contributed by atoms with van der Waals surface area (Å²) < 4.78 is 2.71. The molecule has 0 saturated heterocycles. The molecule has 1 amide bonds. The van der Waals surface area contributed by atoms with Crippen molar-refractivity contribution in [3.63, 3.8) is 0 Å². The van der Waals surface area contributed by atoms with E-state index in [0.717, 1.165) is 11.1 Å². The van der Waals surface area contributed by atoms with Crippen molar-refractivity contribution in [1.29, 1.82) is 0 Å². The average molecular weight is 414 g/mol. The van der Waals surface area contributed by atoms with Gasteiger partial charge in [-0.3, -0.25) is 14.3 Å². The topological polar surface area (TPSA) is 102 Å². The molecule has 0 aliphatic heterocycles. The third kappa shape index (κ3) is 3.94. The minimum Gasteiger partial charge on any atom is -0.391 e. The van der Waals surface area contributed by atoms with Crippen LogP contribution >= 0.6 is 11.6 Å². The predicted molar refractivity (Wildman–Crippen MR) is 108 cm³/mol. The second-order valence-electron chi connectivity index (χ2n) is 7.12. The van der Waals surface area contributed by atoms with Crippen molar-refractivity contribution in [3.05, 3.63) is 63.7 Å². The van der Waals surface area contributed by atoms with E-state index >= 15 is 0 Å². The number of halogens is 1. The Labute approximate surface area is 171 Å². The molecule has 1 aromatic carbocycles. The summed E-state index contributed by atoms with van der Waals surface area (Å²) in [6, 6.07) is 8.08. The van der Waals surface area contributed by atoms with E-state index in [1.165, 1.54) is 12.3 Å². The standard InChI is InChI=1S/C20H20ClN5O3/c1-25-11-14(10-22-25)26-20(29)15(19(28)23-16-3-2-4-18(16)27)9-17(24-26)12-5-7-13(21)8-6-12/h5-11,16,18,27H,2-4H2,1H3,(H,23,28). The first-order valence-corrected chi connectivity index (χ1v) is 9.68. The molecule has 2 unspecified atom stereocenters. The Morgan fingerprint density at radius 3 is 2.66 bits per heavy atom. The zero-order valence-electron chi connectivity index (χ0n) is 15.7. The van der Waals surface area contributed by atoms with E-state index in [1.807, 2.05) is 0 Å². The van der Waals surface area contributed by atoms with Crippen LogP contribution in [0.5, 0.6) is 0 Å². The second-order valence-corrected chi connectivity index (χ2v) is 7.55. The molecule has 4 rings (SSSR count). The number of hydrogen-bond donors (Lipinski definition) is 2. The summed E-state index contributed by atoms with van der Waals surface area (Å²) in [4.78, 5) is 25.9. The lowest BCUT2D eigenvalue weighted by atomic mass is 10.1. The molecule has 3 aromatic rings. The summed E-state index contributed by atoms with van der Waals surface area (Å²) >= 11 is 5.97. The molecule has 0 bridgehead atoms. The number of amides is 1. The van der Waals surface area contributed by atoms with Gasteiger partial charge in [-0.2, -0.15) is 14.9 Å². The number of nitrogens with zero attached hydrogens (tertiary/aromatic N) is 4. The van der Waals surface area contributed by atoms with Crippen molar-refractivity contribution in [2.24, 2.45) is 7.05 Å². The Kier molecular flexibility index (Phi) is 5.21. The van der Waals surface area contributed by atoms with E-state index in [-0.39, 0.29) is 11.6 Å². The van der Waals surface area contributed by atoms with Crippen LogP contribution in [0.3, 0.4) is 0 Å². The third-order valence-corrected chi connectivity index (χ3v) is 5.28. The summed E-state index contributed by atoms with van der Waals surface area (Å²) in [5.74, 6) is -0.531. The molecule has 2 aromatic heterocycles. The van der Waals surface area contributed by atoms with E-state index in [2.05, 4.69) is 15.5 Å². The van der Waals surface area contributed by atoms with Gasteiger partial charge in [0.15, 0.2) is 0 Å². The van der Waals surface area contributed by atoms with Crippen LogP contribution in [0.4, 0.5) is 0 Å². The largest absolute Gasteiger partial charge is 0.391 e. The predicted octanol–water partition coefficient (Wildman–Crippen LogP) is 1.93. The molecule has 2 N–H and O–H groups in total. The number of nitrogens with one attached hydrogen (secondary N) is 1. The van der Waals surface area contributed by atoms with Crippen LogP contribution in [-0.4, -0.2) is 42.7 Å². The number of aromatic nitrogens is 4. The molecule has 1 fully saturated rings. The third-order valence-electron chi connectivity index (χ3n) is 5.03. The number of benzene rings is 1. The smallest absolute Gasteiger partial charge is 0.284 e. The first-order valence-electron chi connectivity index (χ1n) is 9.30. The molecule has 1 aliphatic rings. The molecule has 0 radical (unpaired) electrons. The minimum atomic E-state index is -0.600. The summed E-state index contributed by atoms with van der Waals surface area (Å²) in [5, 5.41) is 21.9. The normalized spacial score (nSPS) is 18.7. The zero-order chi connectivity index (χ0) is 20.5. The molecular formula is C20H20ClN5O3. The number of carbonyl (C=O) groups is 1. The van der Waals surface area contributed by atoms with Gasteiger partial charge in [0.2, 0.25) is 0 Å². The molecule has 2 heterocycles. The van der Waals surface area contributed by atoms with Crippen LogP contribution in [0, 0.1) is 0 Å². The molecular weight excluding hydrogens is 394 g/mol.